The topological polar surface area (TPSA) is 32.3 Å². The first kappa shape index (κ1) is 10.7. The van der Waals surface area contributed by atoms with Crippen LogP contribution in [0.1, 0.15) is 5.56 Å². The molecule has 3 nitrogen and oxygen atoms in total. The molecule has 14 heavy (non-hydrogen) atoms. The van der Waals surface area contributed by atoms with Crippen molar-refractivity contribution < 1.29 is 4.79 Å². The molecule has 0 saturated heterocycles. The lowest BCUT2D eigenvalue weighted by Crippen LogP contribution is -2.27. The van der Waals surface area contributed by atoms with E-state index in [1.165, 1.54) is 5.56 Å². The molecule has 1 N–H and O–H groups in total. The largest absolute Gasteiger partial charge is 0.347 e. The molecule has 0 fully saturated rings. The SMILES string of the molecule is CN(C=O)CCNCc1ccccc1. The minimum atomic E-state index is 0.746. The van der Waals surface area contributed by atoms with Gasteiger partial charge in [-0.3, -0.25) is 4.79 Å². The lowest BCUT2D eigenvalue weighted by molar-refractivity contribution is -0.116. The van der Waals surface area contributed by atoms with Crippen molar-refractivity contribution in [3.8, 4) is 0 Å². The van der Waals surface area contributed by atoms with Crippen molar-refractivity contribution >= 4 is 6.41 Å². The van der Waals surface area contributed by atoms with Gasteiger partial charge in [-0.2, -0.15) is 0 Å². The summed E-state index contributed by atoms with van der Waals surface area (Å²) in [4.78, 5) is 11.9. The van der Waals surface area contributed by atoms with Crippen LogP contribution in [-0.2, 0) is 11.3 Å². The number of likely N-dealkylation sites (N-methyl/N-ethyl adjacent to an activating group) is 1. The highest BCUT2D eigenvalue weighted by molar-refractivity contribution is 5.46. The molecule has 0 atom stereocenters. The summed E-state index contributed by atoms with van der Waals surface area (Å²) in [5.41, 5.74) is 1.27. The predicted octanol–water partition coefficient (Wildman–Crippen LogP) is 0.864. The Balaban J connectivity index is 2.13. The molecule has 76 valence electrons. The molecule has 1 rings (SSSR count). The van der Waals surface area contributed by atoms with Crippen LogP contribution >= 0.6 is 0 Å². The Bertz CT molecular complexity index is 261. The van der Waals surface area contributed by atoms with E-state index in [-0.39, 0.29) is 0 Å². The molecule has 0 bridgehead atoms. The van der Waals surface area contributed by atoms with Crippen LogP contribution in [0.25, 0.3) is 0 Å². The molecular formula is C11H16N2O. The molecule has 0 aliphatic rings. The minimum Gasteiger partial charge on any atom is -0.347 e. The highest BCUT2D eigenvalue weighted by Crippen LogP contribution is 1.96. The van der Waals surface area contributed by atoms with Gasteiger partial charge in [-0.15, -0.1) is 0 Å². The third-order valence-electron chi connectivity index (χ3n) is 1.99. The fourth-order valence-electron chi connectivity index (χ4n) is 1.14. The summed E-state index contributed by atoms with van der Waals surface area (Å²) < 4.78 is 0. The van der Waals surface area contributed by atoms with Gasteiger partial charge in [-0.25, -0.2) is 0 Å². The zero-order chi connectivity index (χ0) is 10.2. The maximum atomic E-state index is 10.3. The molecule has 3 heteroatoms. The van der Waals surface area contributed by atoms with Crippen LogP contribution in [0.4, 0.5) is 0 Å². The molecule has 0 saturated carbocycles. The van der Waals surface area contributed by atoms with E-state index in [4.69, 9.17) is 0 Å². The molecule has 1 aromatic rings. The van der Waals surface area contributed by atoms with Gasteiger partial charge in [0.15, 0.2) is 0 Å². The number of carbonyl (C=O) groups excluding carboxylic acids is 1. The molecule has 0 aliphatic carbocycles. The van der Waals surface area contributed by atoms with Crippen molar-refractivity contribution in [1.82, 2.24) is 10.2 Å². The Morgan fingerprint density at radius 3 is 2.71 bits per heavy atom. The van der Waals surface area contributed by atoms with Gasteiger partial charge in [0.1, 0.15) is 0 Å². The van der Waals surface area contributed by atoms with Crippen LogP contribution in [0.15, 0.2) is 30.3 Å². The van der Waals surface area contributed by atoms with Crippen molar-refractivity contribution in [3.05, 3.63) is 35.9 Å². The maximum Gasteiger partial charge on any atom is 0.209 e. The number of hydrogen-bond donors (Lipinski definition) is 1. The van der Waals surface area contributed by atoms with Crippen LogP contribution < -0.4 is 5.32 Å². The molecule has 0 spiro atoms. The van der Waals surface area contributed by atoms with Crippen LogP contribution in [0.5, 0.6) is 0 Å². The number of carbonyl (C=O) groups is 1. The normalized spacial score (nSPS) is 9.79. The summed E-state index contributed by atoms with van der Waals surface area (Å²) in [5, 5.41) is 3.27. The number of amides is 1. The fourth-order valence-corrected chi connectivity index (χ4v) is 1.14. The van der Waals surface area contributed by atoms with Gasteiger partial charge in [0, 0.05) is 26.7 Å². The molecule has 0 heterocycles. The molecule has 0 unspecified atom stereocenters. The smallest absolute Gasteiger partial charge is 0.209 e. The van der Waals surface area contributed by atoms with Crippen molar-refractivity contribution in [2.24, 2.45) is 0 Å². The van der Waals surface area contributed by atoms with Gasteiger partial charge < -0.3 is 10.2 Å². The van der Waals surface area contributed by atoms with Crippen molar-refractivity contribution in [1.29, 1.82) is 0 Å². The second kappa shape index (κ2) is 6.16. The fraction of sp³-hybridized carbons (Fsp3) is 0.364. The summed E-state index contributed by atoms with van der Waals surface area (Å²) in [5.74, 6) is 0. The summed E-state index contributed by atoms with van der Waals surface area (Å²) in [6.45, 7) is 2.42. The van der Waals surface area contributed by atoms with Gasteiger partial charge in [-0.05, 0) is 5.56 Å². The maximum absolute atomic E-state index is 10.3. The molecule has 0 aliphatic heterocycles. The van der Waals surface area contributed by atoms with Gasteiger partial charge in [0.2, 0.25) is 6.41 Å². The third kappa shape index (κ3) is 4.05. The van der Waals surface area contributed by atoms with Crippen LogP contribution in [0.3, 0.4) is 0 Å². The number of rotatable bonds is 6. The van der Waals surface area contributed by atoms with Crippen molar-refractivity contribution in [2.75, 3.05) is 20.1 Å². The highest BCUT2D eigenvalue weighted by Gasteiger charge is 1.93. The average Bonchev–Trinajstić information content (AvgIpc) is 2.25. The summed E-state index contributed by atoms with van der Waals surface area (Å²) >= 11 is 0. The van der Waals surface area contributed by atoms with E-state index >= 15 is 0 Å². The van der Waals surface area contributed by atoms with Crippen LogP contribution in [0.2, 0.25) is 0 Å². The van der Waals surface area contributed by atoms with E-state index in [0.29, 0.717) is 0 Å². The van der Waals surface area contributed by atoms with Crippen LogP contribution in [0, 0.1) is 0 Å². The quantitative estimate of drug-likeness (QED) is 0.535. The summed E-state index contributed by atoms with van der Waals surface area (Å²) in [6.07, 6.45) is 0.837. The summed E-state index contributed by atoms with van der Waals surface area (Å²) in [6, 6.07) is 10.2. The molecular weight excluding hydrogens is 176 g/mol. The molecule has 1 aromatic carbocycles. The lowest BCUT2D eigenvalue weighted by Gasteiger charge is -2.10. The monoisotopic (exact) mass is 192 g/mol. The Hall–Kier alpha value is -1.35. The van der Waals surface area contributed by atoms with Crippen molar-refractivity contribution in [2.45, 2.75) is 6.54 Å². The third-order valence-corrected chi connectivity index (χ3v) is 1.99. The van der Waals surface area contributed by atoms with Gasteiger partial charge >= 0.3 is 0 Å². The predicted molar refractivity (Wildman–Crippen MR) is 56.8 cm³/mol. The first-order chi connectivity index (χ1) is 6.83. The molecule has 0 aromatic heterocycles. The Morgan fingerprint density at radius 1 is 1.36 bits per heavy atom. The van der Waals surface area contributed by atoms with E-state index in [9.17, 15) is 4.79 Å². The first-order valence-corrected chi connectivity index (χ1v) is 4.73. The Kier molecular flexibility index (Phi) is 4.72. The second-order valence-corrected chi connectivity index (χ2v) is 3.25. The van der Waals surface area contributed by atoms with E-state index in [1.54, 1.807) is 11.9 Å². The molecule has 0 radical (unpaired) electrons. The Labute approximate surface area is 84.7 Å². The second-order valence-electron chi connectivity index (χ2n) is 3.25. The summed E-state index contributed by atoms with van der Waals surface area (Å²) in [7, 11) is 1.77. The van der Waals surface area contributed by atoms with E-state index in [2.05, 4.69) is 17.4 Å². The van der Waals surface area contributed by atoms with Gasteiger partial charge in [-0.1, -0.05) is 30.3 Å². The van der Waals surface area contributed by atoms with Gasteiger partial charge in [0.05, 0.1) is 0 Å². The van der Waals surface area contributed by atoms with E-state index in [0.717, 1.165) is 26.0 Å². The van der Waals surface area contributed by atoms with E-state index in [1.807, 2.05) is 18.2 Å². The Morgan fingerprint density at radius 2 is 2.07 bits per heavy atom. The lowest BCUT2D eigenvalue weighted by atomic mass is 10.2. The first-order valence-electron chi connectivity index (χ1n) is 4.73. The van der Waals surface area contributed by atoms with Crippen LogP contribution in [-0.4, -0.2) is 31.4 Å². The molecule has 1 amide bonds. The zero-order valence-electron chi connectivity index (χ0n) is 8.44. The minimum absolute atomic E-state index is 0.746. The highest BCUT2D eigenvalue weighted by atomic mass is 16.1. The zero-order valence-corrected chi connectivity index (χ0v) is 8.44. The standard InChI is InChI=1S/C11H16N2O/c1-13(10-14)8-7-12-9-11-5-3-2-4-6-11/h2-6,10,12H,7-9H2,1H3. The number of nitrogens with one attached hydrogen (secondary N) is 1. The van der Waals surface area contributed by atoms with Gasteiger partial charge in [0.25, 0.3) is 0 Å². The van der Waals surface area contributed by atoms with E-state index < -0.39 is 0 Å². The van der Waals surface area contributed by atoms with Crippen molar-refractivity contribution in [3.63, 3.8) is 0 Å². The number of nitrogens with zero attached hydrogens (tertiary/aromatic N) is 1. The average molecular weight is 192 g/mol. The number of hydrogen-bond acceptors (Lipinski definition) is 2. The number of benzene rings is 1.